The van der Waals surface area contributed by atoms with Crippen LogP contribution in [0.5, 0.6) is 0 Å². The maximum absolute atomic E-state index is 14.6. The number of benzene rings is 4. The quantitative estimate of drug-likeness (QED) is 0.0795. The second kappa shape index (κ2) is 19.3. The molecule has 3 N–H and O–H groups in total. The summed E-state index contributed by atoms with van der Waals surface area (Å²) in [5.74, 6) is -4.76. The molecule has 0 aliphatic carbocycles. The highest BCUT2D eigenvalue weighted by Gasteiger charge is 2.34. The summed E-state index contributed by atoms with van der Waals surface area (Å²) in [4.78, 5) is 85.6. The van der Waals surface area contributed by atoms with Crippen LogP contribution in [0.15, 0.2) is 97.1 Å². The number of carbonyl (C=O) groups excluding carboxylic acids is 6. The number of H-pyrrole nitrogens is 1. The molecule has 0 fully saturated rings. The maximum Gasteiger partial charge on any atom is 0.307 e. The smallest absolute Gasteiger partial charge is 0.307 e. The van der Waals surface area contributed by atoms with Gasteiger partial charge < -0.3 is 25.1 Å². The van der Waals surface area contributed by atoms with Crippen molar-refractivity contribution in [1.29, 1.82) is 0 Å². The number of fused-ring (bicyclic) bond motifs is 2. The van der Waals surface area contributed by atoms with Crippen LogP contribution in [-0.2, 0) is 46.3 Å². The Morgan fingerprint density at radius 1 is 0.678 bits per heavy atom. The fourth-order valence-corrected chi connectivity index (χ4v) is 6.98. The molecule has 59 heavy (non-hydrogen) atoms. The molecule has 1 aromatic heterocycles. The summed E-state index contributed by atoms with van der Waals surface area (Å²) < 4.78 is 11.0. The number of carbonyl (C=O) groups is 6. The summed E-state index contributed by atoms with van der Waals surface area (Å²) in [6.45, 7) is 10.3. The fourth-order valence-electron chi connectivity index (χ4n) is 6.80. The lowest BCUT2D eigenvalue weighted by atomic mass is 9.90. The zero-order valence-electron chi connectivity index (χ0n) is 34.4. The molecule has 0 spiro atoms. The van der Waals surface area contributed by atoms with Gasteiger partial charge >= 0.3 is 11.9 Å². The van der Waals surface area contributed by atoms with Crippen LogP contribution in [0.25, 0.3) is 21.7 Å². The number of aromatic amines is 1. The molecule has 0 saturated heterocycles. The number of esters is 2. The molecule has 0 aliphatic rings. The van der Waals surface area contributed by atoms with Crippen molar-refractivity contribution in [1.82, 2.24) is 15.6 Å². The van der Waals surface area contributed by atoms with E-state index in [1.54, 1.807) is 90.1 Å². The van der Waals surface area contributed by atoms with Crippen molar-refractivity contribution in [2.75, 3.05) is 0 Å². The van der Waals surface area contributed by atoms with Gasteiger partial charge in [-0.1, -0.05) is 84.4 Å². The van der Waals surface area contributed by atoms with Gasteiger partial charge in [-0.05, 0) is 94.1 Å². The van der Waals surface area contributed by atoms with Crippen molar-refractivity contribution in [3.05, 3.63) is 119 Å². The van der Waals surface area contributed by atoms with Crippen LogP contribution < -0.4 is 10.6 Å². The highest BCUT2D eigenvalue weighted by atomic mass is 35.5. The van der Waals surface area contributed by atoms with Crippen molar-refractivity contribution in [2.45, 2.75) is 103 Å². The van der Waals surface area contributed by atoms with Gasteiger partial charge in [0.2, 0.25) is 5.91 Å². The van der Waals surface area contributed by atoms with Gasteiger partial charge in [0, 0.05) is 41.6 Å². The number of ketones is 2. The van der Waals surface area contributed by atoms with Crippen LogP contribution in [0, 0.1) is 5.92 Å². The predicted molar refractivity (Wildman–Crippen MR) is 228 cm³/mol. The lowest BCUT2D eigenvalue weighted by Gasteiger charge is -2.26. The van der Waals surface area contributed by atoms with Gasteiger partial charge in [-0.25, -0.2) is 0 Å². The lowest BCUT2D eigenvalue weighted by Crippen LogP contribution is -2.47. The third kappa shape index (κ3) is 13.4. The monoisotopic (exact) mass is 821 g/mol. The van der Waals surface area contributed by atoms with E-state index in [0.29, 0.717) is 21.5 Å². The Labute approximate surface area is 349 Å². The third-order valence-electron chi connectivity index (χ3n) is 9.46. The molecule has 12 heteroatoms. The first-order valence-electron chi connectivity index (χ1n) is 19.7. The lowest BCUT2D eigenvalue weighted by molar-refractivity contribution is -0.157. The zero-order valence-corrected chi connectivity index (χ0v) is 35.1. The van der Waals surface area contributed by atoms with E-state index < -0.39 is 71.6 Å². The van der Waals surface area contributed by atoms with Crippen LogP contribution in [-0.4, -0.2) is 63.6 Å². The van der Waals surface area contributed by atoms with Crippen LogP contribution in [0.2, 0.25) is 5.02 Å². The first kappa shape index (κ1) is 44.3. The van der Waals surface area contributed by atoms with Gasteiger partial charge in [0.1, 0.15) is 16.9 Å². The van der Waals surface area contributed by atoms with E-state index in [0.717, 1.165) is 16.3 Å². The van der Waals surface area contributed by atoms with E-state index >= 15 is 0 Å². The van der Waals surface area contributed by atoms with E-state index in [9.17, 15) is 28.8 Å². The topological polar surface area (TPSA) is 161 Å². The predicted octanol–water partition coefficient (Wildman–Crippen LogP) is 8.04. The van der Waals surface area contributed by atoms with Gasteiger partial charge in [-0.2, -0.15) is 0 Å². The summed E-state index contributed by atoms with van der Waals surface area (Å²) in [7, 11) is 0. The molecule has 5 aromatic rings. The molecule has 11 nitrogen and oxygen atoms in total. The van der Waals surface area contributed by atoms with Crippen LogP contribution in [0.1, 0.15) is 88.8 Å². The van der Waals surface area contributed by atoms with Crippen LogP contribution >= 0.6 is 11.6 Å². The SMILES string of the molecule is CC(C)(C)OC(=O)CC[C@H](NC(=O)[C@H](CC(=O)OC(C)(C)C)CC(=O)[C@H](Cc1cccc2ccccc12)NC(=O)c1cc2cc(Cl)ccc2[nH]1)C(=O)Cc1ccccc1. The molecule has 1 heterocycles. The Morgan fingerprint density at radius 2 is 1.34 bits per heavy atom. The molecular weight excluding hydrogens is 770 g/mol. The van der Waals surface area contributed by atoms with Crippen molar-refractivity contribution >= 4 is 68.6 Å². The van der Waals surface area contributed by atoms with E-state index in [1.807, 2.05) is 48.5 Å². The second-order valence-electron chi connectivity index (χ2n) is 16.8. The number of ether oxygens (including phenoxy) is 2. The number of rotatable bonds is 17. The van der Waals surface area contributed by atoms with Gasteiger partial charge in [0.25, 0.3) is 5.91 Å². The molecule has 0 aliphatic heterocycles. The summed E-state index contributed by atoms with van der Waals surface area (Å²) in [6, 6.07) is 26.8. The average molecular weight is 822 g/mol. The highest BCUT2D eigenvalue weighted by molar-refractivity contribution is 6.31. The molecule has 5 rings (SSSR count). The van der Waals surface area contributed by atoms with Gasteiger partial charge in [-0.15, -0.1) is 0 Å². The number of nitrogens with one attached hydrogen (secondary N) is 3. The van der Waals surface area contributed by atoms with Crippen molar-refractivity contribution < 1.29 is 38.2 Å². The number of aromatic nitrogens is 1. The molecular formula is C47H52ClN3O8. The minimum atomic E-state index is -1.30. The standard InChI is InChI=1S/C47H52ClN3O8/c1-46(2,3)58-42(54)22-21-37(40(52)23-29-13-8-7-9-14-29)50-44(56)33(28-43(55)59-47(4,5)6)27-41(53)38(25-31-17-12-16-30-15-10-11-18-35(30)31)51-45(57)39-26-32-24-34(48)19-20-36(32)49-39/h7-20,24,26,33,37-38,49H,21-23,25,27-28H2,1-6H3,(H,50,56)(H,51,57)/t33-,37-,38-/m0/s1. The van der Waals surface area contributed by atoms with Gasteiger partial charge in [0.05, 0.1) is 24.4 Å². The van der Waals surface area contributed by atoms with Crippen molar-refractivity contribution in [3.63, 3.8) is 0 Å². The van der Waals surface area contributed by atoms with Crippen LogP contribution in [0.3, 0.4) is 0 Å². The Hall–Kier alpha value is -5.81. The molecule has 0 radical (unpaired) electrons. The minimum Gasteiger partial charge on any atom is -0.460 e. The Kier molecular flexibility index (Phi) is 14.5. The van der Waals surface area contributed by atoms with Crippen molar-refractivity contribution in [3.8, 4) is 0 Å². The summed E-state index contributed by atoms with van der Waals surface area (Å²) >= 11 is 6.19. The number of hydrogen-bond donors (Lipinski definition) is 3. The normalized spacial score (nSPS) is 13.3. The van der Waals surface area contributed by atoms with E-state index in [2.05, 4.69) is 15.6 Å². The summed E-state index contributed by atoms with van der Waals surface area (Å²) in [5, 5.41) is 8.68. The van der Waals surface area contributed by atoms with E-state index in [4.69, 9.17) is 21.1 Å². The zero-order chi connectivity index (χ0) is 42.9. The molecule has 0 unspecified atom stereocenters. The molecule has 4 aromatic carbocycles. The number of amides is 2. The average Bonchev–Trinajstić information content (AvgIpc) is 3.58. The molecule has 2 amide bonds. The van der Waals surface area contributed by atoms with Gasteiger partial charge in [-0.3, -0.25) is 28.8 Å². The summed E-state index contributed by atoms with van der Waals surface area (Å²) in [6.07, 6.45) is -1.17. The first-order chi connectivity index (χ1) is 27.8. The number of halogens is 1. The summed E-state index contributed by atoms with van der Waals surface area (Å²) in [5.41, 5.74) is 0.715. The van der Waals surface area contributed by atoms with Gasteiger partial charge in [0.15, 0.2) is 11.6 Å². The second-order valence-corrected chi connectivity index (χ2v) is 17.2. The molecule has 310 valence electrons. The number of Topliss-reactive ketones (excluding diaryl/α,β-unsaturated/α-hetero) is 2. The Balaban J connectivity index is 1.45. The molecule has 0 saturated carbocycles. The molecule has 0 bridgehead atoms. The van der Waals surface area contributed by atoms with Crippen molar-refractivity contribution in [2.24, 2.45) is 5.92 Å². The fraction of sp³-hybridized carbons (Fsp3) is 0.362. The Morgan fingerprint density at radius 3 is 2.05 bits per heavy atom. The van der Waals surface area contributed by atoms with E-state index in [1.165, 1.54) is 0 Å². The minimum absolute atomic E-state index is 0.0329. The third-order valence-corrected chi connectivity index (χ3v) is 9.70. The highest BCUT2D eigenvalue weighted by Crippen LogP contribution is 2.24. The van der Waals surface area contributed by atoms with Crippen LogP contribution in [0.4, 0.5) is 0 Å². The first-order valence-corrected chi connectivity index (χ1v) is 20.1. The molecule has 3 atom stereocenters. The largest absolute Gasteiger partial charge is 0.460 e. The number of hydrogen-bond acceptors (Lipinski definition) is 8. The Bertz CT molecular complexity index is 2320. The van der Waals surface area contributed by atoms with E-state index in [-0.39, 0.29) is 37.2 Å². The maximum atomic E-state index is 14.6.